The Balaban J connectivity index is 1.91. The molecule has 2 aliphatic rings. The first-order chi connectivity index (χ1) is 12.0. The van der Waals surface area contributed by atoms with Crippen LogP contribution in [0.5, 0.6) is 0 Å². The third kappa shape index (κ3) is 5.35. The van der Waals surface area contributed by atoms with E-state index in [1.165, 1.54) is 0 Å². The molecule has 26 heavy (non-hydrogen) atoms. The van der Waals surface area contributed by atoms with Crippen LogP contribution < -0.4 is 0 Å². The summed E-state index contributed by atoms with van der Waals surface area (Å²) in [6.45, 7) is 15.7. The third-order valence-electron chi connectivity index (χ3n) is 5.41. The van der Waals surface area contributed by atoms with E-state index in [0.717, 1.165) is 38.9 Å². The molecule has 2 fully saturated rings. The maximum atomic E-state index is 12.4. The van der Waals surface area contributed by atoms with Crippen molar-refractivity contribution in [2.24, 2.45) is 11.3 Å². The molecule has 2 aliphatic heterocycles. The minimum Gasteiger partial charge on any atom is -0.466 e. The van der Waals surface area contributed by atoms with Gasteiger partial charge in [-0.15, -0.1) is 0 Å². The number of hydrogen-bond donors (Lipinski definition) is 0. The number of ether oxygens (including phenoxy) is 2. The minimum atomic E-state index is -0.465. The fraction of sp³-hybridized carbons (Fsp3) is 0.900. The Kier molecular flexibility index (Phi) is 6.59. The fourth-order valence-electron chi connectivity index (χ4n) is 4.21. The van der Waals surface area contributed by atoms with Crippen LogP contribution >= 0.6 is 0 Å². The minimum absolute atomic E-state index is 0.00802. The van der Waals surface area contributed by atoms with E-state index in [0.29, 0.717) is 19.2 Å². The summed E-state index contributed by atoms with van der Waals surface area (Å²) in [4.78, 5) is 28.7. The summed E-state index contributed by atoms with van der Waals surface area (Å²) in [7, 11) is 0. The molecule has 2 heterocycles. The molecule has 1 unspecified atom stereocenters. The summed E-state index contributed by atoms with van der Waals surface area (Å²) in [5, 5.41) is 0. The largest absolute Gasteiger partial charge is 0.466 e. The van der Waals surface area contributed by atoms with Crippen molar-refractivity contribution in [3.8, 4) is 0 Å². The normalized spacial score (nSPS) is 25.0. The van der Waals surface area contributed by atoms with Crippen molar-refractivity contribution in [3.63, 3.8) is 0 Å². The third-order valence-corrected chi connectivity index (χ3v) is 5.41. The Hall–Kier alpha value is -1.30. The summed E-state index contributed by atoms with van der Waals surface area (Å²) in [5.41, 5.74) is -0.473. The van der Waals surface area contributed by atoms with Gasteiger partial charge in [-0.3, -0.25) is 9.69 Å². The van der Waals surface area contributed by atoms with Crippen molar-refractivity contribution in [2.45, 2.75) is 72.4 Å². The monoisotopic (exact) mass is 368 g/mol. The summed E-state index contributed by atoms with van der Waals surface area (Å²) in [6.07, 6.45) is 2.45. The van der Waals surface area contributed by atoms with Gasteiger partial charge in [-0.05, 0) is 65.5 Å². The van der Waals surface area contributed by atoms with E-state index < -0.39 is 5.60 Å². The van der Waals surface area contributed by atoms with E-state index in [1.807, 2.05) is 32.6 Å². The lowest BCUT2D eigenvalue weighted by atomic mass is 9.77. The second kappa shape index (κ2) is 8.15. The molecule has 0 aromatic rings. The van der Waals surface area contributed by atoms with E-state index in [4.69, 9.17) is 9.47 Å². The summed E-state index contributed by atoms with van der Waals surface area (Å²) in [6, 6.07) is 0.421. The van der Waals surface area contributed by atoms with Gasteiger partial charge in [0.15, 0.2) is 0 Å². The Morgan fingerprint density at radius 3 is 2.19 bits per heavy atom. The number of piperidine rings is 2. The maximum Gasteiger partial charge on any atom is 0.410 e. The van der Waals surface area contributed by atoms with Crippen LogP contribution in [0.25, 0.3) is 0 Å². The van der Waals surface area contributed by atoms with Gasteiger partial charge in [0.25, 0.3) is 0 Å². The fourth-order valence-corrected chi connectivity index (χ4v) is 4.21. The van der Waals surface area contributed by atoms with Crippen LogP contribution in [0.15, 0.2) is 0 Å². The molecular formula is C20H36N2O4. The zero-order valence-electron chi connectivity index (χ0n) is 17.3. The van der Waals surface area contributed by atoms with Crippen molar-refractivity contribution in [1.82, 2.24) is 9.80 Å². The van der Waals surface area contributed by atoms with Gasteiger partial charge < -0.3 is 14.4 Å². The molecule has 6 nitrogen and oxygen atoms in total. The van der Waals surface area contributed by atoms with Crippen LogP contribution in [0.2, 0.25) is 0 Å². The molecule has 0 aromatic carbocycles. The highest BCUT2D eigenvalue weighted by molar-refractivity contribution is 5.72. The van der Waals surface area contributed by atoms with Gasteiger partial charge in [-0.2, -0.15) is 0 Å². The van der Waals surface area contributed by atoms with E-state index in [1.54, 1.807) is 0 Å². The van der Waals surface area contributed by atoms with Gasteiger partial charge in [0, 0.05) is 19.1 Å². The van der Waals surface area contributed by atoms with Gasteiger partial charge in [0.1, 0.15) is 5.60 Å². The SMILES string of the molecule is CCOC(=O)C1CCN(C2CCN(C(=O)OC(C)(C)C)CC2(C)C)CC1. The molecule has 0 radical (unpaired) electrons. The Labute approximate surface area is 158 Å². The molecule has 2 rings (SSSR count). The highest BCUT2D eigenvalue weighted by Crippen LogP contribution is 2.36. The molecule has 0 N–H and O–H groups in total. The number of hydrogen-bond acceptors (Lipinski definition) is 5. The number of likely N-dealkylation sites (tertiary alicyclic amines) is 2. The molecule has 150 valence electrons. The van der Waals surface area contributed by atoms with Crippen LogP contribution in [0.1, 0.15) is 60.8 Å². The number of nitrogens with zero attached hydrogens (tertiary/aromatic N) is 2. The van der Waals surface area contributed by atoms with Gasteiger partial charge in [0.2, 0.25) is 0 Å². The lowest BCUT2D eigenvalue weighted by molar-refractivity contribution is -0.150. The van der Waals surface area contributed by atoms with Crippen LogP contribution in [0.4, 0.5) is 4.79 Å². The standard InChI is InChI=1S/C20H36N2O4/c1-7-25-17(23)15-8-11-21(12-9-15)16-10-13-22(14-20(16,5)6)18(24)26-19(2,3)4/h15-16H,7-14H2,1-6H3. The molecule has 0 bridgehead atoms. The summed E-state index contributed by atoms with van der Waals surface area (Å²) in [5.74, 6) is -0.0117. The zero-order valence-corrected chi connectivity index (χ0v) is 17.3. The van der Waals surface area contributed by atoms with Crippen molar-refractivity contribution in [3.05, 3.63) is 0 Å². The molecule has 0 aliphatic carbocycles. The first-order valence-electron chi connectivity index (χ1n) is 9.92. The van der Waals surface area contributed by atoms with E-state index in [2.05, 4.69) is 18.7 Å². The van der Waals surface area contributed by atoms with Crippen LogP contribution in [-0.2, 0) is 14.3 Å². The van der Waals surface area contributed by atoms with Crippen LogP contribution in [-0.4, -0.2) is 66.3 Å². The van der Waals surface area contributed by atoms with E-state index in [9.17, 15) is 9.59 Å². The Morgan fingerprint density at radius 1 is 1.08 bits per heavy atom. The van der Waals surface area contributed by atoms with E-state index in [-0.39, 0.29) is 23.4 Å². The number of esters is 1. The summed E-state index contributed by atoms with van der Waals surface area (Å²) < 4.78 is 10.7. The van der Waals surface area contributed by atoms with E-state index >= 15 is 0 Å². The first-order valence-corrected chi connectivity index (χ1v) is 9.92. The summed E-state index contributed by atoms with van der Waals surface area (Å²) >= 11 is 0. The molecule has 1 atom stereocenters. The average molecular weight is 369 g/mol. The van der Waals surface area contributed by atoms with Gasteiger partial charge in [-0.25, -0.2) is 4.79 Å². The number of carbonyl (C=O) groups is 2. The predicted molar refractivity (Wildman–Crippen MR) is 101 cm³/mol. The second-order valence-electron chi connectivity index (χ2n) is 9.26. The van der Waals surface area contributed by atoms with Crippen molar-refractivity contribution in [1.29, 1.82) is 0 Å². The quantitative estimate of drug-likeness (QED) is 0.716. The first kappa shape index (κ1) is 21.0. The van der Waals surface area contributed by atoms with Gasteiger partial charge >= 0.3 is 12.1 Å². The van der Waals surface area contributed by atoms with Crippen LogP contribution in [0.3, 0.4) is 0 Å². The highest BCUT2D eigenvalue weighted by atomic mass is 16.6. The second-order valence-corrected chi connectivity index (χ2v) is 9.26. The molecular weight excluding hydrogens is 332 g/mol. The van der Waals surface area contributed by atoms with Gasteiger partial charge in [-0.1, -0.05) is 13.8 Å². The van der Waals surface area contributed by atoms with Crippen molar-refractivity contribution < 1.29 is 19.1 Å². The van der Waals surface area contributed by atoms with Crippen molar-refractivity contribution >= 4 is 12.1 Å². The highest BCUT2D eigenvalue weighted by Gasteiger charge is 2.42. The lowest BCUT2D eigenvalue weighted by Gasteiger charge is -2.50. The molecule has 2 saturated heterocycles. The number of rotatable bonds is 3. The molecule has 1 amide bonds. The number of carbonyl (C=O) groups excluding carboxylic acids is 2. The Bertz CT molecular complexity index is 504. The zero-order chi connectivity index (χ0) is 19.5. The number of amides is 1. The van der Waals surface area contributed by atoms with Gasteiger partial charge in [0.05, 0.1) is 12.5 Å². The molecule has 0 aromatic heterocycles. The molecule has 6 heteroatoms. The maximum absolute atomic E-state index is 12.4. The average Bonchev–Trinajstić information content (AvgIpc) is 2.52. The predicted octanol–water partition coefficient (Wildman–Crippen LogP) is 3.30. The van der Waals surface area contributed by atoms with Crippen LogP contribution in [0, 0.1) is 11.3 Å². The lowest BCUT2D eigenvalue weighted by Crippen LogP contribution is -2.58. The molecule has 0 spiro atoms. The van der Waals surface area contributed by atoms with Crippen molar-refractivity contribution in [2.75, 3.05) is 32.8 Å². The Morgan fingerprint density at radius 2 is 1.69 bits per heavy atom. The molecule has 0 saturated carbocycles. The smallest absolute Gasteiger partial charge is 0.410 e. The topological polar surface area (TPSA) is 59.1 Å².